The van der Waals surface area contributed by atoms with E-state index in [4.69, 9.17) is 0 Å². The summed E-state index contributed by atoms with van der Waals surface area (Å²) in [6.45, 7) is 8.91. The highest BCUT2D eigenvalue weighted by Gasteiger charge is 2.57. The van der Waals surface area contributed by atoms with Crippen LogP contribution < -0.4 is 0 Å². The van der Waals surface area contributed by atoms with E-state index in [-0.39, 0.29) is 18.5 Å². The Bertz CT molecular complexity index is 626. The molecule has 0 bridgehead atoms. The van der Waals surface area contributed by atoms with Crippen molar-refractivity contribution in [1.29, 1.82) is 0 Å². The van der Waals surface area contributed by atoms with Gasteiger partial charge >= 0.3 is 6.03 Å². The van der Waals surface area contributed by atoms with Crippen LogP contribution >= 0.6 is 0 Å². The van der Waals surface area contributed by atoms with Gasteiger partial charge in [-0.25, -0.2) is 4.79 Å². The average Bonchev–Trinajstić information content (AvgIpc) is 2.83. The van der Waals surface area contributed by atoms with Gasteiger partial charge in [-0.2, -0.15) is 0 Å². The van der Waals surface area contributed by atoms with Gasteiger partial charge in [-0.3, -0.25) is 14.7 Å². The number of imide groups is 1. The molecule has 3 amide bonds. The van der Waals surface area contributed by atoms with Crippen LogP contribution in [0.1, 0.15) is 45.7 Å². The van der Waals surface area contributed by atoms with Gasteiger partial charge in [0.1, 0.15) is 5.54 Å². The van der Waals surface area contributed by atoms with Crippen LogP contribution in [0, 0.1) is 0 Å². The Kier molecular flexibility index (Phi) is 5.08. The van der Waals surface area contributed by atoms with Gasteiger partial charge < -0.3 is 9.80 Å². The minimum Gasteiger partial charge on any atom is -0.310 e. The standard InChI is InChI=1S/C19H28N4O2/c1-4-15(3)21-12-9-19(10-13-21)17(24)22(18(25)23(19)5-2)14-16-8-6-7-11-20-16/h6-8,11,15H,4-5,9-10,12-14H2,1-3H3/t15-/m0/s1. The highest BCUT2D eigenvalue weighted by atomic mass is 16.2. The third-order valence-corrected chi connectivity index (χ3v) is 5.82. The highest BCUT2D eigenvalue weighted by Crippen LogP contribution is 2.38. The second kappa shape index (κ2) is 7.12. The van der Waals surface area contributed by atoms with Crippen LogP contribution in [-0.2, 0) is 11.3 Å². The van der Waals surface area contributed by atoms with Gasteiger partial charge in [0, 0.05) is 31.9 Å². The molecule has 0 radical (unpaired) electrons. The van der Waals surface area contributed by atoms with Crippen molar-refractivity contribution >= 4 is 11.9 Å². The van der Waals surface area contributed by atoms with E-state index in [0.29, 0.717) is 25.4 Å². The number of amides is 3. The first-order valence-electron chi connectivity index (χ1n) is 9.31. The normalized spacial score (nSPS) is 22.0. The summed E-state index contributed by atoms with van der Waals surface area (Å²) in [7, 11) is 0. The number of hydrogen-bond donors (Lipinski definition) is 0. The fraction of sp³-hybridized carbons (Fsp3) is 0.632. The van der Waals surface area contributed by atoms with Gasteiger partial charge in [0.15, 0.2) is 0 Å². The molecule has 2 saturated heterocycles. The fourth-order valence-corrected chi connectivity index (χ4v) is 4.09. The summed E-state index contributed by atoms with van der Waals surface area (Å²) in [4.78, 5) is 36.0. The summed E-state index contributed by atoms with van der Waals surface area (Å²) >= 11 is 0. The average molecular weight is 344 g/mol. The molecule has 1 aromatic rings. The van der Waals surface area contributed by atoms with Crippen LogP contribution in [0.2, 0.25) is 0 Å². The van der Waals surface area contributed by atoms with E-state index in [0.717, 1.165) is 25.2 Å². The lowest BCUT2D eigenvalue weighted by Crippen LogP contribution is -2.57. The molecule has 25 heavy (non-hydrogen) atoms. The zero-order chi connectivity index (χ0) is 18.0. The summed E-state index contributed by atoms with van der Waals surface area (Å²) in [5, 5.41) is 0. The van der Waals surface area contributed by atoms with E-state index in [9.17, 15) is 9.59 Å². The molecule has 6 nitrogen and oxygen atoms in total. The first-order chi connectivity index (χ1) is 12.0. The lowest BCUT2D eigenvalue weighted by molar-refractivity contribution is -0.136. The Morgan fingerprint density at radius 2 is 1.92 bits per heavy atom. The highest BCUT2D eigenvalue weighted by molar-refractivity contribution is 6.07. The second-order valence-corrected chi connectivity index (χ2v) is 7.06. The minimum absolute atomic E-state index is 0.0474. The second-order valence-electron chi connectivity index (χ2n) is 7.06. The van der Waals surface area contributed by atoms with Crippen molar-refractivity contribution in [2.24, 2.45) is 0 Å². The van der Waals surface area contributed by atoms with Gasteiger partial charge in [0.05, 0.1) is 12.2 Å². The number of urea groups is 1. The van der Waals surface area contributed by atoms with E-state index < -0.39 is 5.54 Å². The maximum absolute atomic E-state index is 13.2. The third kappa shape index (κ3) is 3.03. The third-order valence-electron chi connectivity index (χ3n) is 5.82. The lowest BCUT2D eigenvalue weighted by Gasteiger charge is -2.43. The molecule has 0 N–H and O–H groups in total. The number of likely N-dealkylation sites (N-methyl/N-ethyl adjacent to an activating group) is 1. The molecule has 1 aromatic heterocycles. The number of piperidine rings is 1. The molecule has 0 unspecified atom stereocenters. The largest absolute Gasteiger partial charge is 0.328 e. The Hall–Kier alpha value is -1.95. The van der Waals surface area contributed by atoms with Crippen LogP contribution in [0.3, 0.4) is 0 Å². The number of likely N-dealkylation sites (tertiary alicyclic amines) is 1. The van der Waals surface area contributed by atoms with Crippen molar-refractivity contribution in [3.63, 3.8) is 0 Å². The van der Waals surface area contributed by atoms with Crippen LogP contribution in [0.15, 0.2) is 24.4 Å². The molecule has 1 atom stereocenters. The summed E-state index contributed by atoms with van der Waals surface area (Å²) in [5.41, 5.74) is 0.0826. The number of carbonyl (C=O) groups is 2. The first-order valence-corrected chi connectivity index (χ1v) is 9.31. The van der Waals surface area contributed by atoms with Crippen LogP contribution in [0.4, 0.5) is 4.79 Å². The topological polar surface area (TPSA) is 56.8 Å². The van der Waals surface area contributed by atoms with Crippen molar-refractivity contribution in [3.8, 4) is 0 Å². The number of carbonyl (C=O) groups excluding carboxylic acids is 2. The fourth-order valence-electron chi connectivity index (χ4n) is 4.09. The molecule has 0 saturated carbocycles. The van der Waals surface area contributed by atoms with Gasteiger partial charge in [-0.1, -0.05) is 13.0 Å². The van der Waals surface area contributed by atoms with E-state index in [1.807, 2.05) is 25.1 Å². The molecule has 2 aliphatic heterocycles. The Morgan fingerprint density at radius 1 is 1.20 bits per heavy atom. The number of nitrogens with zero attached hydrogens (tertiary/aromatic N) is 4. The van der Waals surface area contributed by atoms with Gasteiger partial charge in [0.25, 0.3) is 5.91 Å². The number of aromatic nitrogens is 1. The predicted molar refractivity (Wildman–Crippen MR) is 95.9 cm³/mol. The molecule has 3 heterocycles. The molecule has 136 valence electrons. The first kappa shape index (κ1) is 17.9. The summed E-state index contributed by atoms with van der Waals surface area (Å²) in [6.07, 6.45) is 4.23. The van der Waals surface area contributed by atoms with Crippen LogP contribution in [-0.4, -0.2) is 62.8 Å². The SMILES string of the molecule is CC[C@H](C)N1CCC2(CC1)C(=O)N(Cc1ccccn1)C(=O)N2CC. The molecule has 2 fully saturated rings. The van der Waals surface area contributed by atoms with E-state index in [2.05, 4.69) is 23.7 Å². The van der Waals surface area contributed by atoms with Crippen molar-refractivity contribution in [2.75, 3.05) is 19.6 Å². The summed E-state index contributed by atoms with van der Waals surface area (Å²) in [5.74, 6) is -0.0474. The molecular weight excluding hydrogens is 316 g/mol. The molecule has 2 aliphatic rings. The molecule has 0 aromatic carbocycles. The zero-order valence-electron chi connectivity index (χ0n) is 15.4. The van der Waals surface area contributed by atoms with Gasteiger partial charge in [-0.05, 0) is 45.2 Å². The zero-order valence-corrected chi connectivity index (χ0v) is 15.4. The van der Waals surface area contributed by atoms with Crippen LogP contribution in [0.25, 0.3) is 0 Å². The Balaban J connectivity index is 1.80. The maximum atomic E-state index is 13.2. The van der Waals surface area contributed by atoms with E-state index >= 15 is 0 Å². The molecule has 0 aliphatic carbocycles. The monoisotopic (exact) mass is 344 g/mol. The molecule has 1 spiro atoms. The number of hydrogen-bond acceptors (Lipinski definition) is 4. The predicted octanol–water partition coefficient (Wildman–Crippen LogP) is 2.50. The summed E-state index contributed by atoms with van der Waals surface area (Å²) < 4.78 is 0. The number of pyridine rings is 1. The maximum Gasteiger partial charge on any atom is 0.328 e. The van der Waals surface area contributed by atoms with Gasteiger partial charge in [-0.15, -0.1) is 0 Å². The Labute approximate surface area is 149 Å². The number of rotatable bonds is 5. The molecule has 3 rings (SSSR count). The van der Waals surface area contributed by atoms with Crippen molar-refractivity contribution < 1.29 is 9.59 Å². The van der Waals surface area contributed by atoms with Crippen molar-refractivity contribution in [3.05, 3.63) is 30.1 Å². The van der Waals surface area contributed by atoms with Crippen molar-refractivity contribution in [1.82, 2.24) is 19.7 Å². The lowest BCUT2D eigenvalue weighted by atomic mass is 9.85. The van der Waals surface area contributed by atoms with Crippen molar-refractivity contribution in [2.45, 2.75) is 58.2 Å². The van der Waals surface area contributed by atoms with E-state index in [1.165, 1.54) is 4.90 Å². The van der Waals surface area contributed by atoms with Crippen LogP contribution in [0.5, 0.6) is 0 Å². The molecule has 6 heteroatoms. The molecular formula is C19H28N4O2. The van der Waals surface area contributed by atoms with Gasteiger partial charge in [0.2, 0.25) is 0 Å². The quantitative estimate of drug-likeness (QED) is 0.770. The Morgan fingerprint density at radius 3 is 2.48 bits per heavy atom. The summed E-state index contributed by atoms with van der Waals surface area (Å²) in [6, 6.07) is 5.92. The van der Waals surface area contributed by atoms with E-state index in [1.54, 1.807) is 11.1 Å². The smallest absolute Gasteiger partial charge is 0.310 e. The minimum atomic E-state index is -0.662.